The highest BCUT2D eigenvalue weighted by Crippen LogP contribution is 2.37. The van der Waals surface area contributed by atoms with E-state index in [1.807, 2.05) is 5.32 Å². The van der Waals surface area contributed by atoms with Gasteiger partial charge in [0.15, 0.2) is 0 Å². The number of anilines is 1. The van der Waals surface area contributed by atoms with Crippen LogP contribution in [0.15, 0.2) is 30.9 Å². The third-order valence-corrected chi connectivity index (χ3v) is 2.70. The van der Waals surface area contributed by atoms with Crippen molar-refractivity contribution in [1.29, 1.82) is 0 Å². The van der Waals surface area contributed by atoms with Gasteiger partial charge in [-0.15, -0.1) is 6.58 Å². The Hall–Kier alpha value is -2.72. The molecule has 11 heteroatoms. The number of alkyl halides is 6. The van der Waals surface area contributed by atoms with Crippen LogP contribution in [0, 0.1) is 0 Å². The molecule has 0 radical (unpaired) electrons. The predicted molar refractivity (Wildman–Crippen MR) is 76.7 cm³/mol. The topological polar surface area (TPSA) is 70.2 Å². The van der Waals surface area contributed by atoms with Gasteiger partial charge in [-0.25, -0.2) is 4.79 Å². The molecule has 0 aliphatic carbocycles. The maximum absolute atomic E-state index is 12.7. The lowest BCUT2D eigenvalue weighted by Gasteiger charge is -2.15. The Morgan fingerprint density at radius 3 is 1.96 bits per heavy atom. The second kappa shape index (κ2) is 7.90. The van der Waals surface area contributed by atoms with Crippen LogP contribution in [-0.4, -0.2) is 25.0 Å². The lowest BCUT2D eigenvalue weighted by atomic mass is 10.1. The zero-order chi connectivity index (χ0) is 19.3. The van der Waals surface area contributed by atoms with Crippen LogP contribution in [0.3, 0.4) is 0 Å². The summed E-state index contributed by atoms with van der Waals surface area (Å²) in [5.41, 5.74) is -3.60. The minimum absolute atomic E-state index is 0.0337. The number of urea groups is 1. The fourth-order valence-corrected chi connectivity index (χ4v) is 1.62. The molecule has 3 N–H and O–H groups in total. The molecule has 0 atom stereocenters. The molecule has 0 saturated heterocycles. The molecule has 0 spiro atoms. The Morgan fingerprint density at radius 2 is 1.52 bits per heavy atom. The van der Waals surface area contributed by atoms with E-state index in [0.29, 0.717) is 12.1 Å². The zero-order valence-electron chi connectivity index (χ0n) is 12.5. The Kier molecular flexibility index (Phi) is 6.42. The molecule has 0 fully saturated rings. The number of halogens is 6. The van der Waals surface area contributed by atoms with E-state index in [9.17, 15) is 35.9 Å². The van der Waals surface area contributed by atoms with Crippen LogP contribution < -0.4 is 16.0 Å². The number of carbonyl (C=O) groups excluding carboxylic acids is 2. The lowest BCUT2D eigenvalue weighted by molar-refractivity contribution is -0.143. The number of hydrogen-bond donors (Lipinski definition) is 3. The Labute approximate surface area is 138 Å². The van der Waals surface area contributed by atoms with Gasteiger partial charge >= 0.3 is 18.4 Å². The van der Waals surface area contributed by atoms with Gasteiger partial charge in [0.1, 0.15) is 0 Å². The summed E-state index contributed by atoms with van der Waals surface area (Å²) in [6.07, 6.45) is -8.65. The van der Waals surface area contributed by atoms with Gasteiger partial charge in [-0.05, 0) is 18.2 Å². The van der Waals surface area contributed by atoms with Gasteiger partial charge in [-0.1, -0.05) is 6.08 Å². The van der Waals surface area contributed by atoms with Gasteiger partial charge in [0.25, 0.3) is 0 Å². The summed E-state index contributed by atoms with van der Waals surface area (Å²) < 4.78 is 76.1. The molecule has 1 rings (SSSR count). The molecule has 25 heavy (non-hydrogen) atoms. The number of hydrogen-bond acceptors (Lipinski definition) is 3. The highest BCUT2D eigenvalue weighted by atomic mass is 19.4. The third kappa shape index (κ3) is 6.73. The summed E-state index contributed by atoms with van der Waals surface area (Å²) >= 11 is 0. The van der Waals surface area contributed by atoms with Crippen LogP contribution in [0.2, 0.25) is 0 Å². The molecule has 0 aromatic heterocycles. The minimum atomic E-state index is -5.00. The second-order valence-corrected chi connectivity index (χ2v) is 4.69. The second-order valence-electron chi connectivity index (χ2n) is 4.69. The van der Waals surface area contributed by atoms with Gasteiger partial charge in [-0.3, -0.25) is 10.1 Å². The minimum Gasteiger partial charge on any atom is -0.376 e. The van der Waals surface area contributed by atoms with E-state index >= 15 is 0 Å². The summed E-state index contributed by atoms with van der Waals surface area (Å²) in [4.78, 5) is 22.6. The first-order chi connectivity index (χ1) is 11.4. The molecule has 5 nitrogen and oxygen atoms in total. The maximum atomic E-state index is 12.7. The van der Waals surface area contributed by atoms with Gasteiger partial charge in [0, 0.05) is 12.2 Å². The number of benzene rings is 1. The van der Waals surface area contributed by atoms with Crippen LogP contribution in [0.4, 0.5) is 36.8 Å². The highest BCUT2D eigenvalue weighted by molar-refractivity contribution is 5.96. The smallest absolute Gasteiger partial charge is 0.376 e. The van der Waals surface area contributed by atoms with E-state index in [0.717, 1.165) is 0 Å². The Bertz CT molecular complexity index is 623. The van der Waals surface area contributed by atoms with Crippen molar-refractivity contribution >= 4 is 17.6 Å². The third-order valence-electron chi connectivity index (χ3n) is 2.70. The van der Waals surface area contributed by atoms with Crippen molar-refractivity contribution in [3.63, 3.8) is 0 Å². The number of rotatable bonds is 5. The predicted octanol–water partition coefficient (Wildman–Crippen LogP) is 3.15. The van der Waals surface area contributed by atoms with E-state index in [2.05, 4.69) is 17.2 Å². The van der Waals surface area contributed by atoms with Gasteiger partial charge in [0.05, 0.1) is 17.7 Å². The molecule has 0 heterocycles. The van der Waals surface area contributed by atoms with Gasteiger partial charge in [-0.2, -0.15) is 26.3 Å². The first-order valence-corrected chi connectivity index (χ1v) is 6.65. The number of imide groups is 1. The molecule has 1 aromatic rings. The van der Waals surface area contributed by atoms with E-state index in [1.165, 1.54) is 6.08 Å². The molecule has 0 aliphatic rings. The average Bonchev–Trinajstić information content (AvgIpc) is 2.49. The first-order valence-electron chi connectivity index (χ1n) is 6.65. The quantitative estimate of drug-likeness (QED) is 0.552. The van der Waals surface area contributed by atoms with E-state index in [4.69, 9.17) is 0 Å². The monoisotopic (exact) mass is 369 g/mol. The van der Waals surface area contributed by atoms with Crippen molar-refractivity contribution in [2.45, 2.75) is 12.4 Å². The summed E-state index contributed by atoms with van der Waals surface area (Å²) in [6.45, 7) is 2.68. The van der Waals surface area contributed by atoms with Gasteiger partial charge < -0.3 is 10.6 Å². The molecular formula is C14H13F6N3O2. The molecule has 0 unspecified atom stereocenters. The van der Waals surface area contributed by atoms with Crippen molar-refractivity contribution in [3.05, 3.63) is 42.0 Å². The van der Waals surface area contributed by atoms with E-state index < -0.39 is 47.6 Å². The highest BCUT2D eigenvalue weighted by Gasteiger charge is 2.36. The van der Waals surface area contributed by atoms with Gasteiger partial charge in [0.2, 0.25) is 5.91 Å². The normalized spacial score (nSPS) is 11.6. The van der Waals surface area contributed by atoms with Crippen molar-refractivity contribution in [2.75, 3.05) is 18.4 Å². The number of amides is 3. The molecule has 0 saturated carbocycles. The Morgan fingerprint density at radius 1 is 1.00 bits per heavy atom. The fourth-order valence-electron chi connectivity index (χ4n) is 1.62. The zero-order valence-corrected chi connectivity index (χ0v) is 12.5. The number of nitrogens with one attached hydrogen (secondary N) is 3. The van der Waals surface area contributed by atoms with Crippen LogP contribution in [0.5, 0.6) is 0 Å². The van der Waals surface area contributed by atoms with E-state index in [-0.39, 0.29) is 12.6 Å². The summed E-state index contributed by atoms with van der Waals surface area (Å²) in [6, 6.07) is -0.0547. The SMILES string of the molecule is C=CCNC(=O)NC(=O)CNc1cc(C(F)(F)F)cc(C(F)(F)F)c1. The average molecular weight is 369 g/mol. The van der Waals surface area contributed by atoms with Crippen LogP contribution in [0.1, 0.15) is 11.1 Å². The molecule has 3 amide bonds. The summed E-state index contributed by atoms with van der Waals surface area (Å²) in [5.74, 6) is -0.951. The summed E-state index contributed by atoms with van der Waals surface area (Å²) in [7, 11) is 0. The number of carbonyl (C=O) groups is 2. The maximum Gasteiger partial charge on any atom is 0.416 e. The van der Waals surface area contributed by atoms with Crippen LogP contribution in [-0.2, 0) is 17.1 Å². The van der Waals surface area contributed by atoms with Crippen molar-refractivity contribution in [1.82, 2.24) is 10.6 Å². The fraction of sp³-hybridized carbons (Fsp3) is 0.286. The van der Waals surface area contributed by atoms with Crippen molar-refractivity contribution in [2.24, 2.45) is 0 Å². The lowest BCUT2D eigenvalue weighted by Crippen LogP contribution is -2.42. The molecular weight excluding hydrogens is 356 g/mol. The molecule has 0 bridgehead atoms. The van der Waals surface area contributed by atoms with Crippen molar-refractivity contribution < 1.29 is 35.9 Å². The molecule has 0 aliphatic heterocycles. The van der Waals surface area contributed by atoms with E-state index in [1.54, 1.807) is 0 Å². The standard InChI is InChI=1S/C14H13F6N3O2/c1-2-3-21-12(25)23-11(24)7-22-10-5-8(13(15,16)17)4-9(6-10)14(18,19)20/h2,4-6,22H,1,3,7H2,(H2,21,23,24,25). The first kappa shape index (κ1) is 20.3. The summed E-state index contributed by atoms with van der Waals surface area (Å²) in [5, 5.41) is 6.15. The Balaban J connectivity index is 2.86. The molecule has 138 valence electrons. The van der Waals surface area contributed by atoms with Crippen molar-refractivity contribution in [3.8, 4) is 0 Å². The molecule has 1 aromatic carbocycles. The largest absolute Gasteiger partial charge is 0.416 e. The van der Waals surface area contributed by atoms with Crippen LogP contribution >= 0.6 is 0 Å². The van der Waals surface area contributed by atoms with Crippen LogP contribution in [0.25, 0.3) is 0 Å².